The number of hydrogen-bond acceptors (Lipinski definition) is 6. The van der Waals surface area contributed by atoms with Crippen LogP contribution in [0.1, 0.15) is 12.6 Å². The third-order valence-corrected chi connectivity index (χ3v) is 5.55. The molecule has 0 bridgehead atoms. The minimum absolute atomic E-state index is 0.102. The van der Waals surface area contributed by atoms with Crippen molar-refractivity contribution in [3.05, 3.63) is 11.1 Å². The monoisotopic (exact) mass is 275 g/mol. The Labute approximate surface area is 106 Å². The summed E-state index contributed by atoms with van der Waals surface area (Å²) in [6.45, 7) is 3.44. The second-order valence-electron chi connectivity index (χ2n) is 4.43. The molecule has 2 rings (SSSR count). The molecule has 0 aromatic carbocycles. The fourth-order valence-electron chi connectivity index (χ4n) is 2.06. The van der Waals surface area contributed by atoms with Crippen molar-refractivity contribution in [3.8, 4) is 0 Å². The predicted molar refractivity (Wildman–Crippen MR) is 69.9 cm³/mol. The molecular formula is C10H17N3O2S2. The zero-order valence-corrected chi connectivity index (χ0v) is 11.4. The third kappa shape index (κ3) is 3.40. The Hall–Kier alpha value is -0.660. The first-order valence-electron chi connectivity index (χ1n) is 5.60. The predicted octanol–water partition coefficient (Wildman–Crippen LogP) is 0.387. The highest BCUT2D eigenvalue weighted by molar-refractivity contribution is 7.91. The number of nitrogens with two attached hydrogens (primary N) is 1. The van der Waals surface area contributed by atoms with Crippen molar-refractivity contribution in [1.29, 1.82) is 0 Å². The molecule has 1 atom stereocenters. The van der Waals surface area contributed by atoms with Gasteiger partial charge in [-0.05, 0) is 6.92 Å². The average Bonchev–Trinajstić information content (AvgIpc) is 2.62. The van der Waals surface area contributed by atoms with Crippen molar-refractivity contribution in [2.45, 2.75) is 19.4 Å². The van der Waals surface area contributed by atoms with Crippen LogP contribution in [-0.2, 0) is 16.3 Å². The average molecular weight is 275 g/mol. The van der Waals surface area contributed by atoms with Gasteiger partial charge in [-0.3, -0.25) is 4.90 Å². The molecule has 1 fully saturated rings. The maximum Gasteiger partial charge on any atom is 0.180 e. The van der Waals surface area contributed by atoms with Crippen molar-refractivity contribution < 1.29 is 8.42 Å². The van der Waals surface area contributed by atoms with Crippen LogP contribution < -0.4 is 5.73 Å². The molecule has 2 heterocycles. The Morgan fingerprint density at radius 1 is 1.65 bits per heavy atom. The number of sulfone groups is 1. The van der Waals surface area contributed by atoms with E-state index >= 15 is 0 Å². The molecule has 17 heavy (non-hydrogen) atoms. The van der Waals surface area contributed by atoms with E-state index < -0.39 is 9.84 Å². The summed E-state index contributed by atoms with van der Waals surface area (Å²) in [6, 6.07) is 0.102. The van der Waals surface area contributed by atoms with Gasteiger partial charge < -0.3 is 5.73 Å². The van der Waals surface area contributed by atoms with E-state index in [4.69, 9.17) is 5.73 Å². The highest BCUT2D eigenvalue weighted by atomic mass is 32.2. The van der Waals surface area contributed by atoms with Gasteiger partial charge in [0.05, 0.1) is 17.2 Å². The summed E-state index contributed by atoms with van der Waals surface area (Å²) in [6.07, 6.45) is 0.831. The van der Waals surface area contributed by atoms with Crippen molar-refractivity contribution in [2.24, 2.45) is 0 Å². The van der Waals surface area contributed by atoms with Gasteiger partial charge in [0, 0.05) is 30.9 Å². The fraction of sp³-hybridized carbons (Fsp3) is 0.700. The van der Waals surface area contributed by atoms with Gasteiger partial charge in [-0.15, -0.1) is 11.3 Å². The van der Waals surface area contributed by atoms with Gasteiger partial charge in [0.2, 0.25) is 0 Å². The van der Waals surface area contributed by atoms with Gasteiger partial charge >= 0.3 is 0 Å². The molecule has 1 aromatic rings. The Bertz CT molecular complexity index is 483. The number of aromatic nitrogens is 1. The van der Waals surface area contributed by atoms with E-state index in [0.29, 0.717) is 11.7 Å². The van der Waals surface area contributed by atoms with E-state index in [-0.39, 0.29) is 17.5 Å². The van der Waals surface area contributed by atoms with Gasteiger partial charge in [-0.2, -0.15) is 0 Å². The second-order valence-corrected chi connectivity index (χ2v) is 7.54. The lowest BCUT2D eigenvalue weighted by atomic mass is 10.2. The number of rotatable bonds is 3. The highest BCUT2D eigenvalue weighted by Gasteiger charge is 2.27. The molecule has 0 radical (unpaired) electrons. The smallest absolute Gasteiger partial charge is 0.180 e. The van der Waals surface area contributed by atoms with Gasteiger partial charge in [-0.1, -0.05) is 0 Å². The SMILES string of the molecule is CC1CS(=O)(=O)CCN1CCc1csc(N)n1. The Balaban J connectivity index is 1.88. The van der Waals surface area contributed by atoms with Gasteiger partial charge in [0.15, 0.2) is 15.0 Å². The highest BCUT2D eigenvalue weighted by Crippen LogP contribution is 2.15. The quantitative estimate of drug-likeness (QED) is 0.863. The summed E-state index contributed by atoms with van der Waals surface area (Å²) >= 11 is 1.44. The molecular weight excluding hydrogens is 258 g/mol. The van der Waals surface area contributed by atoms with E-state index in [1.165, 1.54) is 11.3 Å². The molecule has 0 saturated carbocycles. The Kier molecular flexibility index (Phi) is 3.70. The van der Waals surface area contributed by atoms with Crippen LogP contribution in [0.4, 0.5) is 5.13 Å². The van der Waals surface area contributed by atoms with Crippen LogP contribution in [-0.4, -0.2) is 48.9 Å². The second kappa shape index (κ2) is 4.91. The normalized spacial score (nSPS) is 24.9. The van der Waals surface area contributed by atoms with Crippen LogP contribution in [0.25, 0.3) is 0 Å². The maximum atomic E-state index is 11.4. The summed E-state index contributed by atoms with van der Waals surface area (Å²) in [7, 11) is -2.82. The molecule has 0 amide bonds. The molecule has 1 aliphatic heterocycles. The largest absolute Gasteiger partial charge is 0.375 e. The first-order valence-corrected chi connectivity index (χ1v) is 8.31. The van der Waals surface area contributed by atoms with E-state index in [9.17, 15) is 8.42 Å². The van der Waals surface area contributed by atoms with Crippen molar-refractivity contribution in [2.75, 3.05) is 30.3 Å². The molecule has 5 nitrogen and oxygen atoms in total. The van der Waals surface area contributed by atoms with E-state index in [2.05, 4.69) is 9.88 Å². The van der Waals surface area contributed by atoms with Crippen LogP contribution in [0.2, 0.25) is 0 Å². The number of thiazole rings is 1. The van der Waals surface area contributed by atoms with Gasteiger partial charge in [0.1, 0.15) is 0 Å². The van der Waals surface area contributed by atoms with Gasteiger partial charge in [0.25, 0.3) is 0 Å². The van der Waals surface area contributed by atoms with Crippen molar-refractivity contribution in [1.82, 2.24) is 9.88 Å². The van der Waals surface area contributed by atoms with Crippen LogP contribution >= 0.6 is 11.3 Å². The lowest BCUT2D eigenvalue weighted by molar-refractivity contribution is 0.229. The topological polar surface area (TPSA) is 76.3 Å². The molecule has 96 valence electrons. The molecule has 7 heteroatoms. The Morgan fingerprint density at radius 2 is 2.41 bits per heavy atom. The van der Waals surface area contributed by atoms with Crippen molar-refractivity contribution in [3.63, 3.8) is 0 Å². The minimum Gasteiger partial charge on any atom is -0.375 e. The first kappa shape index (κ1) is 12.8. The number of nitrogens with zero attached hydrogens (tertiary/aromatic N) is 2. The summed E-state index contributed by atoms with van der Waals surface area (Å²) in [5, 5.41) is 2.55. The van der Waals surface area contributed by atoms with Crippen LogP contribution in [0.3, 0.4) is 0 Å². The van der Waals surface area contributed by atoms with Crippen LogP contribution in [0, 0.1) is 0 Å². The number of hydrogen-bond donors (Lipinski definition) is 1. The molecule has 0 spiro atoms. The molecule has 1 aromatic heterocycles. The van der Waals surface area contributed by atoms with Crippen LogP contribution in [0.5, 0.6) is 0 Å². The third-order valence-electron chi connectivity index (χ3n) is 3.03. The Morgan fingerprint density at radius 3 is 3.00 bits per heavy atom. The summed E-state index contributed by atoms with van der Waals surface area (Å²) in [5.74, 6) is 0.544. The maximum absolute atomic E-state index is 11.4. The molecule has 2 N–H and O–H groups in total. The fourth-order valence-corrected chi connectivity index (χ4v) is 4.28. The zero-order valence-electron chi connectivity index (χ0n) is 9.80. The summed E-state index contributed by atoms with van der Waals surface area (Å²) in [5.41, 5.74) is 6.56. The summed E-state index contributed by atoms with van der Waals surface area (Å²) in [4.78, 5) is 6.41. The van der Waals surface area contributed by atoms with E-state index in [0.717, 1.165) is 18.7 Å². The van der Waals surface area contributed by atoms with Gasteiger partial charge in [-0.25, -0.2) is 13.4 Å². The lowest BCUT2D eigenvalue weighted by Gasteiger charge is -2.32. The number of anilines is 1. The molecule has 1 saturated heterocycles. The summed E-state index contributed by atoms with van der Waals surface area (Å²) < 4.78 is 22.9. The van der Waals surface area contributed by atoms with E-state index in [1.54, 1.807) is 0 Å². The molecule has 1 aliphatic rings. The molecule has 1 unspecified atom stereocenters. The standard InChI is InChI=1S/C10H17N3O2S2/c1-8-7-17(14,15)5-4-13(8)3-2-9-6-16-10(11)12-9/h6,8H,2-5,7H2,1H3,(H2,11,12). The molecule has 0 aliphatic carbocycles. The lowest BCUT2D eigenvalue weighted by Crippen LogP contribution is -2.47. The first-order chi connectivity index (χ1) is 7.96. The van der Waals surface area contributed by atoms with Crippen molar-refractivity contribution >= 4 is 26.3 Å². The van der Waals surface area contributed by atoms with Crippen LogP contribution in [0.15, 0.2) is 5.38 Å². The minimum atomic E-state index is -2.82. The zero-order chi connectivity index (χ0) is 12.5. The van der Waals surface area contributed by atoms with E-state index in [1.807, 2.05) is 12.3 Å². The number of nitrogen functional groups attached to an aromatic ring is 1.